The molecule has 2 N–H and O–H groups in total. The zero-order valence-corrected chi connectivity index (χ0v) is 14.6. The smallest absolute Gasteiger partial charge is 0.335 e. The molecule has 2 rings (SSSR count). The molecule has 0 aliphatic rings. The Kier molecular flexibility index (Phi) is 5.71. The number of nitro benzene ring substituents is 1. The van der Waals surface area contributed by atoms with E-state index in [1.807, 2.05) is 13.8 Å². The predicted molar refractivity (Wildman–Crippen MR) is 96.0 cm³/mol. The van der Waals surface area contributed by atoms with Crippen molar-refractivity contribution in [3.05, 3.63) is 75.3 Å². The monoisotopic (exact) mass is 356 g/mol. The van der Waals surface area contributed by atoms with Crippen LogP contribution < -0.4 is 5.32 Å². The third-order valence-electron chi connectivity index (χ3n) is 4.09. The Bertz CT molecular complexity index is 811. The molecule has 0 aliphatic carbocycles. The van der Waals surface area contributed by atoms with E-state index in [1.165, 1.54) is 24.3 Å². The maximum atomic E-state index is 12.2. The lowest BCUT2D eigenvalue weighted by Gasteiger charge is -2.27. The number of benzene rings is 2. The molecule has 0 aromatic heterocycles. The van der Waals surface area contributed by atoms with Crippen LogP contribution in [0.5, 0.6) is 0 Å². The number of aromatic carboxylic acids is 1. The lowest BCUT2D eigenvalue weighted by atomic mass is 9.93. The lowest BCUT2D eigenvalue weighted by molar-refractivity contribution is -0.384. The second kappa shape index (κ2) is 7.77. The van der Waals surface area contributed by atoms with E-state index in [1.54, 1.807) is 24.3 Å². The van der Waals surface area contributed by atoms with Crippen molar-refractivity contribution in [3.63, 3.8) is 0 Å². The van der Waals surface area contributed by atoms with E-state index in [0.717, 1.165) is 11.1 Å². The first-order valence-electron chi connectivity index (χ1n) is 8.07. The number of nitrogens with one attached hydrogen (secondary N) is 1. The first-order chi connectivity index (χ1) is 12.2. The molecule has 0 bridgehead atoms. The minimum absolute atomic E-state index is 0.000634. The maximum absolute atomic E-state index is 12.2. The molecule has 136 valence electrons. The number of carbonyl (C=O) groups excluding carboxylic acids is 1. The second-order valence-corrected chi connectivity index (χ2v) is 6.48. The predicted octanol–water partition coefficient (Wildman–Crippen LogP) is 3.28. The van der Waals surface area contributed by atoms with Gasteiger partial charge < -0.3 is 10.4 Å². The standard InChI is InChI=1S/C19H20N2O5/c1-19(2,15-8-10-16(11-9-15)21(25)26)20-17(22)12-5-13-3-6-14(7-4-13)18(23)24/h3-4,6-11H,5,12H2,1-2H3,(H,20,22)(H,23,24). The molecule has 0 atom stereocenters. The SMILES string of the molecule is CC(C)(NC(=O)CCc1ccc(C(=O)O)cc1)c1ccc([N+](=O)[O-])cc1. The molecular weight excluding hydrogens is 336 g/mol. The van der Waals surface area contributed by atoms with E-state index < -0.39 is 16.4 Å². The molecule has 0 aliphatic heterocycles. The molecule has 0 spiro atoms. The third kappa shape index (κ3) is 4.89. The maximum Gasteiger partial charge on any atom is 0.335 e. The topological polar surface area (TPSA) is 110 Å². The zero-order valence-electron chi connectivity index (χ0n) is 14.6. The van der Waals surface area contributed by atoms with Crippen LogP contribution in [0.15, 0.2) is 48.5 Å². The summed E-state index contributed by atoms with van der Waals surface area (Å²) in [5.74, 6) is -1.14. The Morgan fingerprint density at radius 1 is 1.08 bits per heavy atom. The van der Waals surface area contributed by atoms with Gasteiger partial charge in [-0.2, -0.15) is 0 Å². The zero-order chi connectivity index (χ0) is 19.3. The molecule has 0 fully saturated rings. The van der Waals surface area contributed by atoms with E-state index in [9.17, 15) is 19.7 Å². The first kappa shape index (κ1) is 19.1. The van der Waals surface area contributed by atoms with E-state index in [-0.39, 0.29) is 23.6 Å². The van der Waals surface area contributed by atoms with Gasteiger partial charge in [-0.3, -0.25) is 14.9 Å². The molecule has 2 aromatic carbocycles. The van der Waals surface area contributed by atoms with Gasteiger partial charge in [-0.05, 0) is 55.7 Å². The fraction of sp³-hybridized carbons (Fsp3) is 0.263. The summed E-state index contributed by atoms with van der Waals surface area (Å²) >= 11 is 0. The Morgan fingerprint density at radius 2 is 1.65 bits per heavy atom. The van der Waals surface area contributed by atoms with Gasteiger partial charge >= 0.3 is 5.97 Å². The van der Waals surface area contributed by atoms with Crippen molar-refractivity contribution in [1.29, 1.82) is 0 Å². The number of rotatable bonds is 7. The van der Waals surface area contributed by atoms with E-state index in [0.29, 0.717) is 6.42 Å². The van der Waals surface area contributed by atoms with E-state index in [4.69, 9.17) is 5.11 Å². The van der Waals surface area contributed by atoms with Crippen molar-refractivity contribution in [3.8, 4) is 0 Å². The van der Waals surface area contributed by atoms with Gasteiger partial charge in [0.2, 0.25) is 5.91 Å². The van der Waals surface area contributed by atoms with Crippen LogP contribution in [-0.4, -0.2) is 21.9 Å². The van der Waals surface area contributed by atoms with Crippen molar-refractivity contribution in [1.82, 2.24) is 5.32 Å². The summed E-state index contributed by atoms with van der Waals surface area (Å²) < 4.78 is 0. The number of hydrogen-bond donors (Lipinski definition) is 2. The molecule has 0 saturated heterocycles. The highest BCUT2D eigenvalue weighted by atomic mass is 16.6. The lowest BCUT2D eigenvalue weighted by Crippen LogP contribution is -2.41. The number of aryl methyl sites for hydroxylation is 1. The average molecular weight is 356 g/mol. The Labute approximate surface area is 150 Å². The number of carboxylic acids is 1. The largest absolute Gasteiger partial charge is 0.478 e. The van der Waals surface area contributed by atoms with Crippen LogP contribution in [0.1, 0.15) is 41.8 Å². The normalized spacial score (nSPS) is 11.0. The van der Waals surface area contributed by atoms with Crippen molar-refractivity contribution in [2.75, 3.05) is 0 Å². The molecule has 26 heavy (non-hydrogen) atoms. The Balaban J connectivity index is 1.95. The summed E-state index contributed by atoms with van der Waals surface area (Å²) in [5, 5.41) is 22.5. The number of nitrogens with zero attached hydrogens (tertiary/aromatic N) is 1. The van der Waals surface area contributed by atoms with Gasteiger partial charge in [-0.25, -0.2) is 4.79 Å². The van der Waals surface area contributed by atoms with Crippen molar-refractivity contribution >= 4 is 17.6 Å². The molecule has 0 unspecified atom stereocenters. The molecule has 7 heteroatoms. The second-order valence-electron chi connectivity index (χ2n) is 6.48. The fourth-order valence-electron chi connectivity index (χ4n) is 2.55. The molecular formula is C19H20N2O5. The van der Waals surface area contributed by atoms with Crippen LogP contribution in [0.25, 0.3) is 0 Å². The summed E-state index contributed by atoms with van der Waals surface area (Å²) in [6.07, 6.45) is 0.741. The molecule has 2 aromatic rings. The molecule has 7 nitrogen and oxygen atoms in total. The van der Waals surface area contributed by atoms with Crippen molar-refractivity contribution < 1.29 is 19.6 Å². The van der Waals surface area contributed by atoms with E-state index >= 15 is 0 Å². The van der Waals surface area contributed by atoms with Crippen molar-refractivity contribution in [2.45, 2.75) is 32.2 Å². The van der Waals surface area contributed by atoms with Gasteiger partial charge in [0.1, 0.15) is 0 Å². The van der Waals surface area contributed by atoms with Gasteiger partial charge in [0.05, 0.1) is 16.0 Å². The van der Waals surface area contributed by atoms with Gasteiger partial charge in [0, 0.05) is 18.6 Å². The number of nitro groups is 1. The van der Waals surface area contributed by atoms with E-state index in [2.05, 4.69) is 5.32 Å². The van der Waals surface area contributed by atoms with Gasteiger partial charge in [-0.1, -0.05) is 12.1 Å². The molecule has 0 radical (unpaired) electrons. The van der Waals surface area contributed by atoms with Gasteiger partial charge in [-0.15, -0.1) is 0 Å². The number of hydrogen-bond acceptors (Lipinski definition) is 4. The van der Waals surface area contributed by atoms with Crippen LogP contribution in [0.3, 0.4) is 0 Å². The highest BCUT2D eigenvalue weighted by Crippen LogP contribution is 2.23. The van der Waals surface area contributed by atoms with Gasteiger partial charge in [0.25, 0.3) is 5.69 Å². The number of carboxylic acid groups (broad SMARTS) is 1. The molecule has 0 saturated carbocycles. The first-order valence-corrected chi connectivity index (χ1v) is 8.07. The summed E-state index contributed by atoms with van der Waals surface area (Å²) in [6.45, 7) is 3.65. The van der Waals surface area contributed by atoms with Crippen LogP contribution >= 0.6 is 0 Å². The van der Waals surface area contributed by atoms with Gasteiger partial charge in [0.15, 0.2) is 0 Å². The number of non-ortho nitro benzene ring substituents is 1. The van der Waals surface area contributed by atoms with Crippen LogP contribution in [-0.2, 0) is 16.8 Å². The fourth-order valence-corrected chi connectivity index (χ4v) is 2.55. The number of carbonyl (C=O) groups is 2. The highest BCUT2D eigenvalue weighted by Gasteiger charge is 2.23. The van der Waals surface area contributed by atoms with Crippen LogP contribution in [0, 0.1) is 10.1 Å². The average Bonchev–Trinajstić information content (AvgIpc) is 2.60. The van der Waals surface area contributed by atoms with Crippen LogP contribution in [0.2, 0.25) is 0 Å². The summed E-state index contributed by atoms with van der Waals surface area (Å²) in [5.41, 5.74) is 1.18. The summed E-state index contributed by atoms with van der Waals surface area (Å²) in [4.78, 5) is 33.3. The molecule has 1 amide bonds. The number of amides is 1. The molecule has 0 heterocycles. The Morgan fingerprint density at radius 3 is 2.15 bits per heavy atom. The van der Waals surface area contributed by atoms with Crippen molar-refractivity contribution in [2.24, 2.45) is 0 Å². The third-order valence-corrected chi connectivity index (χ3v) is 4.09. The highest BCUT2D eigenvalue weighted by molar-refractivity contribution is 5.87. The van der Waals surface area contributed by atoms with Crippen LogP contribution in [0.4, 0.5) is 5.69 Å². The minimum Gasteiger partial charge on any atom is -0.478 e. The summed E-state index contributed by atoms with van der Waals surface area (Å²) in [6, 6.07) is 12.5. The quantitative estimate of drug-likeness (QED) is 0.584. The minimum atomic E-state index is -0.987. The summed E-state index contributed by atoms with van der Waals surface area (Å²) in [7, 11) is 0. The Hall–Kier alpha value is -3.22.